The molecule has 0 saturated carbocycles. The molecule has 3 aromatic rings. The lowest BCUT2D eigenvalue weighted by molar-refractivity contribution is -0.116. The molecule has 0 aliphatic heterocycles. The number of fused-ring (bicyclic) bond motifs is 2. The van der Waals surface area contributed by atoms with Crippen LogP contribution in [-0.2, 0) is 17.8 Å². The maximum atomic E-state index is 12.4. The summed E-state index contributed by atoms with van der Waals surface area (Å²) in [6, 6.07) is 6.54. The van der Waals surface area contributed by atoms with Crippen LogP contribution in [0.15, 0.2) is 33.9 Å². The van der Waals surface area contributed by atoms with Gasteiger partial charge in [0, 0.05) is 12.8 Å². The van der Waals surface area contributed by atoms with E-state index in [4.69, 9.17) is 0 Å². The second-order valence-electron chi connectivity index (χ2n) is 6.31. The van der Waals surface area contributed by atoms with Crippen molar-refractivity contribution in [3.05, 3.63) is 55.5 Å². The van der Waals surface area contributed by atoms with Crippen LogP contribution in [0, 0.1) is 0 Å². The quantitative estimate of drug-likeness (QED) is 0.711. The number of carbonyl (C=O) groups excluding carboxylic acids is 2. The number of thiazole rings is 1. The second kappa shape index (κ2) is 6.92. The van der Waals surface area contributed by atoms with Gasteiger partial charge in [0.15, 0.2) is 10.9 Å². The first kappa shape index (κ1) is 17.3. The van der Waals surface area contributed by atoms with Gasteiger partial charge in [0.2, 0.25) is 5.91 Å². The summed E-state index contributed by atoms with van der Waals surface area (Å²) in [7, 11) is 0. The fourth-order valence-corrected chi connectivity index (χ4v) is 4.12. The van der Waals surface area contributed by atoms with Crippen LogP contribution in [-0.4, -0.2) is 26.5 Å². The summed E-state index contributed by atoms with van der Waals surface area (Å²) >= 11 is 1.18. The monoisotopic (exact) mass is 384 g/mol. The van der Waals surface area contributed by atoms with Crippen molar-refractivity contribution in [1.29, 1.82) is 0 Å². The van der Waals surface area contributed by atoms with Crippen molar-refractivity contribution in [2.75, 3.05) is 5.32 Å². The zero-order valence-corrected chi connectivity index (χ0v) is 15.1. The molecule has 0 radical (unpaired) electrons. The van der Waals surface area contributed by atoms with Crippen molar-refractivity contribution >= 4 is 38.9 Å². The van der Waals surface area contributed by atoms with E-state index in [9.17, 15) is 19.2 Å². The third kappa shape index (κ3) is 3.33. The number of benzene rings is 1. The van der Waals surface area contributed by atoms with Crippen LogP contribution >= 0.6 is 11.3 Å². The van der Waals surface area contributed by atoms with Crippen LogP contribution < -0.4 is 16.4 Å². The topological polar surface area (TPSA) is 114 Å². The maximum Gasteiger partial charge on any atom is 0.273 e. The smallest absolute Gasteiger partial charge is 0.273 e. The SMILES string of the molecule is O=C(CCn1[nH]c(=O)c2ccccc2c1=O)Nc1nc2c(s1)C(=O)CCC2. The number of hydrogen-bond donors (Lipinski definition) is 2. The summed E-state index contributed by atoms with van der Waals surface area (Å²) in [4.78, 5) is 53.5. The molecule has 2 aromatic heterocycles. The normalized spacial score (nSPS) is 13.6. The van der Waals surface area contributed by atoms with E-state index in [0.717, 1.165) is 23.2 Å². The van der Waals surface area contributed by atoms with Crippen LogP contribution in [0.25, 0.3) is 10.8 Å². The number of nitrogens with one attached hydrogen (secondary N) is 2. The Morgan fingerprint density at radius 1 is 1.19 bits per heavy atom. The molecule has 4 rings (SSSR count). The van der Waals surface area contributed by atoms with E-state index in [1.807, 2.05) is 0 Å². The Morgan fingerprint density at radius 2 is 1.96 bits per heavy atom. The third-order valence-corrected chi connectivity index (χ3v) is 5.51. The fourth-order valence-electron chi connectivity index (χ4n) is 3.12. The third-order valence-electron chi connectivity index (χ3n) is 4.46. The molecule has 0 fully saturated rings. The largest absolute Gasteiger partial charge is 0.302 e. The number of ketones is 1. The van der Waals surface area contributed by atoms with Gasteiger partial charge in [-0.3, -0.25) is 24.3 Å². The second-order valence-corrected chi connectivity index (χ2v) is 7.31. The molecule has 2 N–H and O–H groups in total. The molecule has 0 bridgehead atoms. The average molecular weight is 384 g/mol. The lowest BCUT2D eigenvalue weighted by Crippen LogP contribution is -2.31. The first-order chi connectivity index (χ1) is 13.0. The predicted molar refractivity (Wildman–Crippen MR) is 101 cm³/mol. The highest BCUT2D eigenvalue weighted by molar-refractivity contribution is 7.17. The van der Waals surface area contributed by atoms with Gasteiger partial charge in [0.1, 0.15) is 0 Å². The Kier molecular flexibility index (Phi) is 4.44. The molecule has 1 aromatic carbocycles. The van der Waals surface area contributed by atoms with Gasteiger partial charge >= 0.3 is 0 Å². The highest BCUT2D eigenvalue weighted by Crippen LogP contribution is 2.29. The van der Waals surface area contributed by atoms with Crippen molar-refractivity contribution in [1.82, 2.24) is 14.8 Å². The first-order valence-electron chi connectivity index (χ1n) is 8.57. The number of H-pyrrole nitrogens is 1. The van der Waals surface area contributed by atoms with Crippen molar-refractivity contribution < 1.29 is 9.59 Å². The van der Waals surface area contributed by atoms with E-state index >= 15 is 0 Å². The number of hydrogen-bond acceptors (Lipinski definition) is 6. The minimum Gasteiger partial charge on any atom is -0.302 e. The van der Waals surface area contributed by atoms with Gasteiger partial charge in [-0.1, -0.05) is 23.5 Å². The van der Waals surface area contributed by atoms with Crippen LogP contribution in [0.1, 0.15) is 34.6 Å². The molecule has 2 heterocycles. The van der Waals surface area contributed by atoms with Gasteiger partial charge in [0.05, 0.1) is 27.9 Å². The van der Waals surface area contributed by atoms with Gasteiger partial charge in [0.25, 0.3) is 11.1 Å². The van der Waals surface area contributed by atoms with Crippen LogP contribution in [0.3, 0.4) is 0 Å². The number of aryl methyl sites for hydroxylation is 2. The van der Waals surface area contributed by atoms with Gasteiger partial charge in [-0.05, 0) is 25.0 Å². The molecular weight excluding hydrogens is 368 g/mol. The molecule has 1 aliphatic carbocycles. The number of aromatic nitrogens is 3. The number of aromatic amines is 1. The van der Waals surface area contributed by atoms with E-state index in [1.165, 1.54) is 11.3 Å². The Labute approximate surface area is 156 Å². The van der Waals surface area contributed by atoms with Gasteiger partial charge in [-0.15, -0.1) is 0 Å². The van der Waals surface area contributed by atoms with Crippen molar-refractivity contribution in [2.24, 2.45) is 0 Å². The molecule has 1 amide bonds. The fraction of sp³-hybridized carbons (Fsp3) is 0.278. The molecule has 1 aliphatic rings. The summed E-state index contributed by atoms with van der Waals surface area (Å²) in [5, 5.41) is 6.19. The zero-order valence-electron chi connectivity index (χ0n) is 14.3. The van der Waals surface area contributed by atoms with Crippen LogP contribution in [0.4, 0.5) is 5.13 Å². The van der Waals surface area contributed by atoms with Crippen molar-refractivity contribution in [2.45, 2.75) is 32.2 Å². The Bertz CT molecular complexity index is 1170. The highest BCUT2D eigenvalue weighted by atomic mass is 32.1. The van der Waals surface area contributed by atoms with E-state index in [2.05, 4.69) is 15.4 Å². The highest BCUT2D eigenvalue weighted by Gasteiger charge is 2.22. The first-order valence-corrected chi connectivity index (χ1v) is 9.39. The summed E-state index contributed by atoms with van der Waals surface area (Å²) in [5.74, 6) is -0.274. The van der Waals surface area contributed by atoms with E-state index < -0.39 is 0 Å². The lowest BCUT2D eigenvalue weighted by atomic mass is 10.0. The van der Waals surface area contributed by atoms with Gasteiger partial charge in [-0.25, -0.2) is 9.67 Å². The molecule has 0 atom stereocenters. The molecule has 9 heteroatoms. The zero-order chi connectivity index (χ0) is 19.0. The molecule has 0 saturated heterocycles. The number of amides is 1. The lowest BCUT2D eigenvalue weighted by Gasteiger charge is -2.07. The van der Waals surface area contributed by atoms with Gasteiger partial charge in [-0.2, -0.15) is 0 Å². The molecular formula is C18H16N4O4S. The van der Waals surface area contributed by atoms with E-state index in [1.54, 1.807) is 24.3 Å². The maximum absolute atomic E-state index is 12.4. The number of nitrogens with zero attached hydrogens (tertiary/aromatic N) is 2. The minimum atomic E-state index is -0.378. The molecule has 138 valence electrons. The van der Waals surface area contributed by atoms with Gasteiger partial charge < -0.3 is 5.32 Å². The summed E-state index contributed by atoms with van der Waals surface area (Å²) in [6.45, 7) is 0.0365. The molecule has 0 spiro atoms. The molecule has 27 heavy (non-hydrogen) atoms. The van der Waals surface area contributed by atoms with Crippen LogP contribution in [0.5, 0.6) is 0 Å². The van der Waals surface area contributed by atoms with Crippen molar-refractivity contribution in [3.63, 3.8) is 0 Å². The van der Waals surface area contributed by atoms with E-state index in [0.29, 0.717) is 27.2 Å². The summed E-state index contributed by atoms with van der Waals surface area (Å²) in [5.41, 5.74) is 0.00616. The van der Waals surface area contributed by atoms with E-state index in [-0.39, 0.29) is 35.8 Å². The number of carbonyl (C=O) groups is 2. The number of anilines is 1. The summed E-state index contributed by atoms with van der Waals surface area (Å²) in [6.07, 6.45) is 2.02. The molecule has 8 nitrogen and oxygen atoms in total. The van der Waals surface area contributed by atoms with Crippen LogP contribution in [0.2, 0.25) is 0 Å². The Hall–Kier alpha value is -3.07. The minimum absolute atomic E-state index is 0.00756. The standard InChI is InChI=1S/C18H16N4O4S/c23-13-7-3-6-12-15(13)27-18(19-12)20-14(24)8-9-22-17(26)11-5-2-1-4-10(11)16(25)21-22/h1-2,4-5H,3,6-9H2,(H,21,25)(H,19,20,24). The summed E-state index contributed by atoms with van der Waals surface area (Å²) < 4.78 is 1.14. The van der Waals surface area contributed by atoms with Crippen molar-refractivity contribution in [3.8, 4) is 0 Å². The number of rotatable bonds is 4. The Balaban J connectivity index is 1.48. The Morgan fingerprint density at radius 3 is 2.74 bits per heavy atom. The molecule has 0 unspecified atom stereocenters. The predicted octanol–water partition coefficient (Wildman–Crippen LogP) is 1.69. The average Bonchev–Trinajstić information content (AvgIpc) is 3.07. The number of Topliss-reactive ketones (excluding diaryl/α,β-unsaturated/α-hetero) is 1.